The molecule has 0 radical (unpaired) electrons. The number of imidazole rings is 1. The molecule has 4 aromatic rings. The molecule has 1 saturated carbocycles. The van der Waals surface area contributed by atoms with Crippen LogP contribution >= 0.6 is 0 Å². The Balaban J connectivity index is 1.38. The zero-order valence-corrected chi connectivity index (χ0v) is 22.7. The number of likely N-dealkylation sites (tertiary alicyclic amines) is 1. The van der Waals surface area contributed by atoms with Gasteiger partial charge in [-0.15, -0.1) is 0 Å². The minimum absolute atomic E-state index is 0.348. The van der Waals surface area contributed by atoms with Gasteiger partial charge in [0, 0.05) is 37.9 Å². The average molecular weight is 528 g/mol. The predicted octanol–water partition coefficient (Wildman–Crippen LogP) is 4.82. The van der Waals surface area contributed by atoms with Gasteiger partial charge in [-0.1, -0.05) is 0 Å². The van der Waals surface area contributed by atoms with Crippen LogP contribution in [0.5, 0.6) is 0 Å². The second kappa shape index (κ2) is 9.30. The highest BCUT2D eigenvalue weighted by atomic mass is 16.6. The summed E-state index contributed by atoms with van der Waals surface area (Å²) in [7, 11) is 1.66. The molecule has 1 aliphatic heterocycles. The molecule has 5 heterocycles. The molecule has 0 aromatic carbocycles. The maximum atomic E-state index is 12.7. The third-order valence-electron chi connectivity index (χ3n) is 7.35. The Labute approximate surface area is 227 Å². The van der Waals surface area contributed by atoms with E-state index in [1.54, 1.807) is 24.4 Å². The summed E-state index contributed by atoms with van der Waals surface area (Å²) in [5.74, 6) is 1.55. The number of anilines is 1. The summed E-state index contributed by atoms with van der Waals surface area (Å²) in [4.78, 5) is 33.4. The van der Waals surface area contributed by atoms with Gasteiger partial charge in [0.15, 0.2) is 11.5 Å². The smallest absolute Gasteiger partial charge is 0.410 e. The van der Waals surface area contributed by atoms with E-state index < -0.39 is 11.2 Å². The Hall–Kier alpha value is -4.05. The van der Waals surface area contributed by atoms with Crippen molar-refractivity contribution in [1.82, 2.24) is 29.4 Å². The van der Waals surface area contributed by atoms with Gasteiger partial charge in [-0.3, -0.25) is 9.55 Å². The third kappa shape index (κ3) is 4.69. The number of carbonyl (C=O) groups excluding carboxylic acids is 1. The molecule has 4 aromatic heterocycles. The summed E-state index contributed by atoms with van der Waals surface area (Å²) in [6.45, 7) is 6.47. The molecule has 6 rings (SSSR count). The number of nitrogen functional groups attached to an aromatic ring is 1. The highest BCUT2D eigenvalue weighted by Gasteiger charge is 2.44. The number of carbonyl (C=O) groups is 1. The quantitative estimate of drug-likeness (QED) is 0.392. The van der Waals surface area contributed by atoms with Crippen molar-refractivity contribution in [1.29, 1.82) is 0 Å². The number of nitrogens with zero attached hydrogens (tertiary/aromatic N) is 6. The van der Waals surface area contributed by atoms with Crippen molar-refractivity contribution < 1.29 is 14.3 Å². The molecule has 0 bridgehead atoms. The Kier molecular flexibility index (Phi) is 6.02. The van der Waals surface area contributed by atoms with E-state index in [9.17, 15) is 4.79 Å². The highest BCUT2D eigenvalue weighted by molar-refractivity contribution is 5.82. The molecule has 2 fully saturated rings. The molecular formula is C29H33N7O3. The fourth-order valence-electron chi connectivity index (χ4n) is 5.14. The lowest BCUT2D eigenvalue weighted by Crippen LogP contribution is -2.39. The molecule has 0 unspecified atom stereocenters. The highest BCUT2D eigenvalue weighted by Crippen LogP contribution is 2.40. The molecule has 10 nitrogen and oxygen atoms in total. The van der Waals surface area contributed by atoms with Crippen molar-refractivity contribution in [3.8, 4) is 17.1 Å². The number of methoxy groups -OCH3 is 1. The van der Waals surface area contributed by atoms with E-state index in [4.69, 9.17) is 30.2 Å². The lowest BCUT2D eigenvalue weighted by Gasteiger charge is -2.28. The monoisotopic (exact) mass is 527 g/mol. The number of amides is 1. The van der Waals surface area contributed by atoms with Gasteiger partial charge in [-0.25, -0.2) is 19.7 Å². The number of fused-ring (bicyclic) bond motifs is 1. The molecule has 1 aliphatic carbocycles. The van der Waals surface area contributed by atoms with E-state index in [1.165, 1.54) is 0 Å². The van der Waals surface area contributed by atoms with Crippen molar-refractivity contribution in [2.75, 3.05) is 25.9 Å². The standard InChI is InChI=1S/C29H33N7O3/c1-28(2,3)39-27(37)35-15-13-29(17-35,38-4)23-12-9-19(16-32-23)36-25(20-6-5-14-31-24(20)30)34-22-11-10-21(18-7-8-18)33-26(22)36/h5-6,9-12,14,16,18H,7-8,13,15,17H2,1-4H3,(H2,30,31)/t29-/m1/s1. The molecule has 2 N–H and O–H groups in total. The molecule has 10 heteroatoms. The van der Waals surface area contributed by atoms with Crippen LogP contribution in [0.2, 0.25) is 0 Å². The van der Waals surface area contributed by atoms with Crippen molar-refractivity contribution in [2.45, 2.75) is 57.2 Å². The van der Waals surface area contributed by atoms with Crippen LogP contribution in [-0.2, 0) is 15.1 Å². The first kappa shape index (κ1) is 25.2. The van der Waals surface area contributed by atoms with Crippen LogP contribution < -0.4 is 5.73 Å². The predicted molar refractivity (Wildman–Crippen MR) is 147 cm³/mol. The fourth-order valence-corrected chi connectivity index (χ4v) is 5.14. The lowest BCUT2D eigenvalue weighted by atomic mass is 9.97. The Morgan fingerprint density at radius 3 is 2.59 bits per heavy atom. The second-order valence-electron chi connectivity index (χ2n) is 11.3. The van der Waals surface area contributed by atoms with Crippen molar-refractivity contribution in [3.05, 3.63) is 60.2 Å². The van der Waals surface area contributed by atoms with Crippen LogP contribution in [0, 0.1) is 0 Å². The summed E-state index contributed by atoms with van der Waals surface area (Å²) < 4.78 is 13.6. The number of hydrogen-bond donors (Lipinski definition) is 1. The molecule has 1 atom stereocenters. The first-order valence-corrected chi connectivity index (χ1v) is 13.3. The maximum absolute atomic E-state index is 12.7. The lowest BCUT2D eigenvalue weighted by molar-refractivity contribution is -0.0158. The normalized spacial score (nSPS) is 19.5. The third-order valence-corrected chi connectivity index (χ3v) is 7.35. The molecular weight excluding hydrogens is 494 g/mol. The van der Waals surface area contributed by atoms with E-state index >= 15 is 0 Å². The number of ether oxygens (including phenoxy) is 2. The summed E-state index contributed by atoms with van der Waals surface area (Å²) in [6.07, 6.45) is 6.05. The zero-order valence-electron chi connectivity index (χ0n) is 22.7. The van der Waals surface area contributed by atoms with Gasteiger partial charge < -0.3 is 20.1 Å². The van der Waals surface area contributed by atoms with Crippen LogP contribution in [0.25, 0.3) is 28.2 Å². The first-order valence-electron chi connectivity index (χ1n) is 13.3. The van der Waals surface area contributed by atoms with Gasteiger partial charge in [0.05, 0.1) is 29.7 Å². The minimum Gasteiger partial charge on any atom is -0.444 e. The van der Waals surface area contributed by atoms with Crippen LogP contribution in [0.1, 0.15) is 57.3 Å². The van der Waals surface area contributed by atoms with Gasteiger partial charge in [0.25, 0.3) is 0 Å². The zero-order chi connectivity index (χ0) is 27.4. The topological polar surface area (TPSA) is 121 Å². The van der Waals surface area contributed by atoms with Gasteiger partial charge in [0.1, 0.15) is 22.5 Å². The van der Waals surface area contributed by atoms with E-state index in [2.05, 4.69) is 11.1 Å². The molecule has 0 spiro atoms. The van der Waals surface area contributed by atoms with E-state index in [1.807, 2.05) is 55.7 Å². The SMILES string of the molecule is CO[C@]1(c2ccc(-n3c(-c4cccnc4N)nc4ccc(C5CC5)nc43)cn2)CCN(C(=O)OC(C)(C)C)C1. The summed E-state index contributed by atoms with van der Waals surface area (Å²) >= 11 is 0. The summed E-state index contributed by atoms with van der Waals surface area (Å²) in [5, 5.41) is 0. The second-order valence-corrected chi connectivity index (χ2v) is 11.3. The van der Waals surface area contributed by atoms with Crippen LogP contribution in [0.15, 0.2) is 48.8 Å². The summed E-state index contributed by atoms with van der Waals surface area (Å²) in [5.41, 5.74) is 9.86. The van der Waals surface area contributed by atoms with E-state index in [0.717, 1.165) is 46.6 Å². The molecule has 39 heavy (non-hydrogen) atoms. The number of rotatable bonds is 5. The minimum atomic E-state index is -0.722. The largest absolute Gasteiger partial charge is 0.444 e. The molecule has 202 valence electrons. The van der Waals surface area contributed by atoms with Crippen LogP contribution in [-0.4, -0.2) is 61.3 Å². The van der Waals surface area contributed by atoms with Gasteiger partial charge in [-0.05, 0) is 70.0 Å². The first-order chi connectivity index (χ1) is 18.7. The van der Waals surface area contributed by atoms with Crippen molar-refractivity contribution in [3.63, 3.8) is 0 Å². The Morgan fingerprint density at radius 1 is 1.10 bits per heavy atom. The van der Waals surface area contributed by atoms with Crippen LogP contribution in [0.4, 0.5) is 10.6 Å². The number of hydrogen-bond acceptors (Lipinski definition) is 8. The van der Waals surface area contributed by atoms with Crippen molar-refractivity contribution >= 4 is 23.1 Å². The average Bonchev–Trinajstić information content (AvgIpc) is 3.55. The Morgan fingerprint density at radius 2 is 1.92 bits per heavy atom. The van der Waals surface area contributed by atoms with E-state index in [-0.39, 0.29) is 6.09 Å². The summed E-state index contributed by atoms with van der Waals surface area (Å²) in [6, 6.07) is 11.8. The molecule has 2 aliphatic rings. The number of nitrogens with two attached hydrogens (primary N) is 1. The van der Waals surface area contributed by atoms with Crippen molar-refractivity contribution in [2.24, 2.45) is 0 Å². The Bertz CT molecular complexity index is 1540. The van der Waals surface area contributed by atoms with Gasteiger partial charge in [0.2, 0.25) is 0 Å². The van der Waals surface area contributed by atoms with Crippen LogP contribution in [0.3, 0.4) is 0 Å². The molecule has 1 saturated heterocycles. The maximum Gasteiger partial charge on any atom is 0.410 e. The number of aromatic nitrogens is 5. The van der Waals surface area contributed by atoms with Gasteiger partial charge >= 0.3 is 6.09 Å². The molecule has 1 amide bonds. The number of pyridine rings is 3. The fraction of sp³-hybridized carbons (Fsp3) is 0.414. The van der Waals surface area contributed by atoms with Gasteiger partial charge in [-0.2, -0.15) is 0 Å². The van der Waals surface area contributed by atoms with E-state index in [0.29, 0.717) is 37.1 Å².